The molecule has 0 aliphatic rings. The standard InChI is InChI=1S/C19H17BrClN3O3/c1-2-9-24-15-8-7-12(21)10-13(15)18(19(24)26)23-22-17(25)11-27-16-6-4-3-5-14(16)20/h3-8,10,26H,2,9,11H2,1H3. The number of ether oxygens (including phenoxy) is 1. The summed E-state index contributed by atoms with van der Waals surface area (Å²) in [5.41, 5.74) is 1.000. The van der Waals surface area contributed by atoms with Gasteiger partial charge in [0.2, 0.25) is 5.88 Å². The van der Waals surface area contributed by atoms with Crippen LogP contribution in [0.5, 0.6) is 11.6 Å². The molecule has 0 saturated heterocycles. The number of benzene rings is 2. The van der Waals surface area contributed by atoms with Gasteiger partial charge < -0.3 is 14.4 Å². The number of hydrogen-bond acceptors (Lipinski definition) is 4. The molecule has 0 unspecified atom stereocenters. The number of hydrogen-bond donors (Lipinski definition) is 1. The summed E-state index contributed by atoms with van der Waals surface area (Å²) in [4.78, 5) is 12.0. The van der Waals surface area contributed by atoms with E-state index in [2.05, 4.69) is 26.2 Å². The number of azo groups is 1. The maximum atomic E-state index is 12.0. The number of para-hydroxylation sites is 1. The number of carbonyl (C=O) groups is 1. The van der Waals surface area contributed by atoms with E-state index in [0.29, 0.717) is 22.7 Å². The molecule has 0 radical (unpaired) electrons. The minimum atomic E-state index is -0.566. The number of rotatable bonds is 6. The Hall–Kier alpha value is -2.38. The topological polar surface area (TPSA) is 76.2 Å². The quantitative estimate of drug-likeness (QED) is 0.478. The maximum absolute atomic E-state index is 12.0. The Morgan fingerprint density at radius 2 is 2.07 bits per heavy atom. The fraction of sp³-hybridized carbons (Fsp3) is 0.211. The summed E-state index contributed by atoms with van der Waals surface area (Å²) in [6.07, 6.45) is 0.829. The van der Waals surface area contributed by atoms with Gasteiger partial charge in [0.05, 0.1) is 9.99 Å². The first kappa shape index (κ1) is 19.4. The Bertz CT molecular complexity index is 1020. The van der Waals surface area contributed by atoms with Crippen LogP contribution in [-0.2, 0) is 11.3 Å². The van der Waals surface area contributed by atoms with Gasteiger partial charge in [-0.25, -0.2) is 0 Å². The third-order valence-corrected chi connectivity index (χ3v) is 4.76. The number of halogens is 2. The first-order valence-corrected chi connectivity index (χ1v) is 9.51. The van der Waals surface area contributed by atoms with Crippen molar-refractivity contribution >= 4 is 50.0 Å². The lowest BCUT2D eigenvalue weighted by molar-refractivity contribution is -0.120. The average Bonchev–Trinajstić information content (AvgIpc) is 2.90. The zero-order valence-electron chi connectivity index (χ0n) is 14.5. The third kappa shape index (κ3) is 4.31. The van der Waals surface area contributed by atoms with E-state index in [0.717, 1.165) is 16.4 Å². The van der Waals surface area contributed by atoms with E-state index in [9.17, 15) is 9.90 Å². The van der Waals surface area contributed by atoms with Crippen molar-refractivity contribution in [2.75, 3.05) is 6.61 Å². The van der Waals surface area contributed by atoms with Crippen LogP contribution >= 0.6 is 27.5 Å². The lowest BCUT2D eigenvalue weighted by atomic mass is 10.2. The van der Waals surface area contributed by atoms with E-state index in [1.807, 2.05) is 25.1 Å². The van der Waals surface area contributed by atoms with Crippen molar-refractivity contribution in [1.29, 1.82) is 0 Å². The number of nitrogens with zero attached hydrogens (tertiary/aromatic N) is 3. The van der Waals surface area contributed by atoms with Gasteiger partial charge in [-0.3, -0.25) is 4.79 Å². The molecule has 0 aliphatic heterocycles. The Labute approximate surface area is 169 Å². The second-order valence-corrected chi connectivity index (χ2v) is 7.09. The predicted octanol–water partition coefficient (Wildman–Crippen LogP) is 5.86. The second-order valence-electron chi connectivity index (χ2n) is 5.80. The molecule has 1 N–H and O–H groups in total. The molecule has 1 amide bonds. The second kappa shape index (κ2) is 8.54. The highest BCUT2D eigenvalue weighted by Crippen LogP contribution is 2.40. The van der Waals surface area contributed by atoms with Gasteiger partial charge in [-0.05, 0) is 52.7 Å². The number of aromatic hydroxyl groups is 1. The van der Waals surface area contributed by atoms with Crippen LogP contribution in [0, 0.1) is 0 Å². The van der Waals surface area contributed by atoms with Gasteiger partial charge in [-0.1, -0.05) is 30.7 Å². The van der Waals surface area contributed by atoms with Gasteiger partial charge in [-0.15, -0.1) is 10.2 Å². The monoisotopic (exact) mass is 449 g/mol. The van der Waals surface area contributed by atoms with Crippen LogP contribution in [0.1, 0.15) is 13.3 Å². The number of amides is 1. The molecular formula is C19H17BrClN3O3. The first-order chi connectivity index (χ1) is 13.0. The summed E-state index contributed by atoms with van der Waals surface area (Å²) < 4.78 is 7.89. The average molecular weight is 451 g/mol. The molecule has 8 heteroatoms. The summed E-state index contributed by atoms with van der Waals surface area (Å²) in [5.74, 6) is -0.0730. The first-order valence-electron chi connectivity index (χ1n) is 8.34. The Balaban J connectivity index is 1.83. The Kier molecular flexibility index (Phi) is 6.13. The summed E-state index contributed by atoms with van der Waals surface area (Å²) >= 11 is 9.41. The van der Waals surface area contributed by atoms with Crippen LogP contribution in [0.4, 0.5) is 5.69 Å². The molecule has 6 nitrogen and oxygen atoms in total. The minimum Gasteiger partial charge on any atom is -0.493 e. The van der Waals surface area contributed by atoms with E-state index in [1.54, 1.807) is 28.8 Å². The number of fused-ring (bicyclic) bond motifs is 1. The Morgan fingerprint density at radius 3 is 2.81 bits per heavy atom. The van der Waals surface area contributed by atoms with Gasteiger partial charge in [0.15, 0.2) is 12.3 Å². The lowest BCUT2D eigenvalue weighted by Crippen LogP contribution is -2.08. The predicted molar refractivity (Wildman–Crippen MR) is 108 cm³/mol. The minimum absolute atomic E-state index is 0.0441. The molecule has 2 aromatic carbocycles. The number of carbonyl (C=O) groups excluding carboxylic acids is 1. The van der Waals surface area contributed by atoms with Crippen molar-refractivity contribution in [3.05, 3.63) is 52.0 Å². The molecular weight excluding hydrogens is 434 g/mol. The molecule has 3 rings (SSSR count). The summed E-state index contributed by atoms with van der Waals surface area (Å²) in [6, 6.07) is 12.4. The highest BCUT2D eigenvalue weighted by molar-refractivity contribution is 9.10. The molecule has 1 heterocycles. The van der Waals surface area contributed by atoms with Crippen molar-refractivity contribution in [2.24, 2.45) is 10.2 Å². The molecule has 27 heavy (non-hydrogen) atoms. The van der Waals surface area contributed by atoms with Crippen LogP contribution in [0.3, 0.4) is 0 Å². The van der Waals surface area contributed by atoms with Crippen LogP contribution in [-0.4, -0.2) is 22.2 Å². The SMILES string of the molecule is CCCn1c(O)c(N=NC(=O)COc2ccccc2Br)c2cc(Cl)ccc21. The maximum Gasteiger partial charge on any atom is 0.302 e. The highest BCUT2D eigenvalue weighted by Gasteiger charge is 2.17. The van der Waals surface area contributed by atoms with E-state index in [1.165, 1.54) is 0 Å². The molecule has 0 spiro atoms. The van der Waals surface area contributed by atoms with Crippen molar-refractivity contribution in [2.45, 2.75) is 19.9 Å². The smallest absolute Gasteiger partial charge is 0.302 e. The summed E-state index contributed by atoms with van der Waals surface area (Å²) in [6.45, 7) is 2.35. The van der Waals surface area contributed by atoms with Crippen LogP contribution in [0.15, 0.2) is 57.2 Å². The molecule has 0 aliphatic carbocycles. The van der Waals surface area contributed by atoms with Gasteiger partial charge in [0, 0.05) is 17.0 Å². The number of aryl methyl sites for hydroxylation is 1. The molecule has 140 valence electrons. The summed E-state index contributed by atoms with van der Waals surface area (Å²) in [7, 11) is 0. The molecule has 0 fully saturated rings. The van der Waals surface area contributed by atoms with Crippen molar-refractivity contribution in [3.8, 4) is 11.6 Å². The van der Waals surface area contributed by atoms with E-state index >= 15 is 0 Å². The molecule has 0 atom stereocenters. The Morgan fingerprint density at radius 1 is 1.30 bits per heavy atom. The molecule has 1 aromatic heterocycles. The summed E-state index contributed by atoms with van der Waals surface area (Å²) in [5, 5.41) is 19.3. The van der Waals surface area contributed by atoms with Gasteiger partial charge >= 0.3 is 5.91 Å². The third-order valence-electron chi connectivity index (χ3n) is 3.87. The van der Waals surface area contributed by atoms with Gasteiger partial charge in [0.1, 0.15) is 5.75 Å². The van der Waals surface area contributed by atoms with Crippen molar-refractivity contribution in [3.63, 3.8) is 0 Å². The fourth-order valence-corrected chi connectivity index (χ4v) is 3.25. The highest BCUT2D eigenvalue weighted by atomic mass is 79.9. The molecule has 0 saturated carbocycles. The van der Waals surface area contributed by atoms with Gasteiger partial charge in [-0.2, -0.15) is 0 Å². The van der Waals surface area contributed by atoms with Crippen molar-refractivity contribution < 1.29 is 14.6 Å². The van der Waals surface area contributed by atoms with Crippen LogP contribution in [0.2, 0.25) is 5.02 Å². The van der Waals surface area contributed by atoms with E-state index in [4.69, 9.17) is 16.3 Å². The molecule has 3 aromatic rings. The van der Waals surface area contributed by atoms with E-state index < -0.39 is 5.91 Å². The fourth-order valence-electron chi connectivity index (χ4n) is 2.68. The zero-order valence-corrected chi connectivity index (χ0v) is 16.9. The normalized spacial score (nSPS) is 11.4. The molecule has 0 bridgehead atoms. The lowest BCUT2D eigenvalue weighted by Gasteiger charge is -2.04. The van der Waals surface area contributed by atoms with Gasteiger partial charge in [0.25, 0.3) is 0 Å². The zero-order chi connectivity index (χ0) is 19.4. The number of aromatic nitrogens is 1. The van der Waals surface area contributed by atoms with Crippen LogP contribution in [0.25, 0.3) is 10.9 Å². The van der Waals surface area contributed by atoms with Crippen LogP contribution < -0.4 is 4.74 Å². The van der Waals surface area contributed by atoms with Crippen molar-refractivity contribution in [1.82, 2.24) is 4.57 Å². The van der Waals surface area contributed by atoms with E-state index in [-0.39, 0.29) is 18.2 Å². The largest absolute Gasteiger partial charge is 0.493 e.